The van der Waals surface area contributed by atoms with Crippen LogP contribution in [0.4, 0.5) is 5.69 Å². The summed E-state index contributed by atoms with van der Waals surface area (Å²) >= 11 is 0. The van der Waals surface area contributed by atoms with Crippen LogP contribution in [0.15, 0.2) is 47.3 Å². The number of carbonyl (C=O) groups is 1. The Morgan fingerprint density at radius 1 is 1.16 bits per heavy atom. The molecule has 128 valence electrons. The fourth-order valence-corrected chi connectivity index (χ4v) is 2.76. The highest BCUT2D eigenvalue weighted by Crippen LogP contribution is 2.25. The minimum Gasteiger partial charge on any atom is -0.495 e. The zero-order valence-corrected chi connectivity index (χ0v) is 14.4. The van der Waals surface area contributed by atoms with Crippen LogP contribution in [0.2, 0.25) is 0 Å². The van der Waals surface area contributed by atoms with Crippen molar-refractivity contribution in [1.82, 2.24) is 9.78 Å². The van der Waals surface area contributed by atoms with Crippen molar-refractivity contribution in [2.75, 3.05) is 12.4 Å². The number of aromatic nitrogens is 2. The summed E-state index contributed by atoms with van der Waals surface area (Å²) in [6, 6.07) is 12.7. The van der Waals surface area contributed by atoms with Crippen molar-refractivity contribution < 1.29 is 9.53 Å². The van der Waals surface area contributed by atoms with Gasteiger partial charge in [0, 0.05) is 5.39 Å². The Balaban J connectivity index is 1.89. The van der Waals surface area contributed by atoms with Crippen LogP contribution in [0.5, 0.6) is 5.75 Å². The van der Waals surface area contributed by atoms with Crippen LogP contribution in [0.25, 0.3) is 10.8 Å². The average Bonchev–Trinajstić information content (AvgIpc) is 2.59. The Kier molecular flexibility index (Phi) is 4.52. The van der Waals surface area contributed by atoms with Crippen LogP contribution in [0, 0.1) is 13.8 Å². The van der Waals surface area contributed by atoms with Gasteiger partial charge in [0.05, 0.1) is 23.9 Å². The smallest absolute Gasteiger partial charge is 0.275 e. The molecule has 0 aliphatic carbocycles. The van der Waals surface area contributed by atoms with Crippen molar-refractivity contribution in [2.24, 2.45) is 0 Å². The van der Waals surface area contributed by atoms with E-state index in [0.717, 1.165) is 10.9 Å². The molecule has 0 spiro atoms. The molecular weight excluding hydrogens is 318 g/mol. The molecule has 2 aromatic carbocycles. The predicted molar refractivity (Wildman–Crippen MR) is 97.1 cm³/mol. The summed E-state index contributed by atoms with van der Waals surface area (Å²) in [6.45, 7) is 3.58. The van der Waals surface area contributed by atoms with Gasteiger partial charge in [0.25, 0.3) is 5.56 Å². The van der Waals surface area contributed by atoms with Gasteiger partial charge in [0.2, 0.25) is 5.91 Å². The molecule has 1 N–H and O–H groups in total. The Morgan fingerprint density at radius 3 is 2.60 bits per heavy atom. The number of nitrogens with one attached hydrogen (secondary N) is 1. The zero-order valence-electron chi connectivity index (χ0n) is 14.4. The molecule has 25 heavy (non-hydrogen) atoms. The van der Waals surface area contributed by atoms with E-state index in [2.05, 4.69) is 10.4 Å². The number of fused-ring (bicyclic) bond motifs is 1. The lowest BCUT2D eigenvalue weighted by molar-refractivity contribution is -0.117. The summed E-state index contributed by atoms with van der Waals surface area (Å²) in [7, 11) is 1.54. The molecule has 0 radical (unpaired) electrons. The van der Waals surface area contributed by atoms with Crippen LogP contribution in [0.1, 0.15) is 11.3 Å². The number of hydrogen-bond donors (Lipinski definition) is 1. The largest absolute Gasteiger partial charge is 0.495 e. The molecule has 0 bridgehead atoms. The molecule has 1 amide bonds. The van der Waals surface area contributed by atoms with E-state index in [1.807, 2.05) is 38.1 Å². The highest BCUT2D eigenvalue weighted by molar-refractivity contribution is 5.92. The average molecular weight is 337 g/mol. The summed E-state index contributed by atoms with van der Waals surface area (Å²) < 4.78 is 6.44. The fourth-order valence-electron chi connectivity index (χ4n) is 2.76. The Morgan fingerprint density at radius 2 is 1.88 bits per heavy atom. The van der Waals surface area contributed by atoms with Gasteiger partial charge in [-0.3, -0.25) is 9.59 Å². The second-order valence-corrected chi connectivity index (χ2v) is 5.85. The number of amides is 1. The summed E-state index contributed by atoms with van der Waals surface area (Å²) in [5, 5.41) is 8.38. The molecule has 0 aliphatic rings. The van der Waals surface area contributed by atoms with E-state index >= 15 is 0 Å². The van der Waals surface area contributed by atoms with Crippen LogP contribution in [-0.4, -0.2) is 22.8 Å². The first-order chi connectivity index (χ1) is 12.0. The van der Waals surface area contributed by atoms with E-state index in [-0.39, 0.29) is 18.0 Å². The van der Waals surface area contributed by atoms with Gasteiger partial charge >= 0.3 is 0 Å². The molecule has 0 fully saturated rings. The fraction of sp³-hybridized carbons (Fsp3) is 0.211. The lowest BCUT2D eigenvalue weighted by atomic mass is 10.1. The number of hydrogen-bond acceptors (Lipinski definition) is 4. The van der Waals surface area contributed by atoms with Gasteiger partial charge in [-0.25, -0.2) is 4.68 Å². The Labute approximate surface area is 145 Å². The lowest BCUT2D eigenvalue weighted by Crippen LogP contribution is -2.30. The van der Waals surface area contributed by atoms with Crippen molar-refractivity contribution in [2.45, 2.75) is 20.4 Å². The van der Waals surface area contributed by atoms with E-state index in [0.29, 0.717) is 22.5 Å². The maximum atomic E-state index is 12.5. The lowest BCUT2D eigenvalue weighted by Gasteiger charge is -2.12. The normalized spacial score (nSPS) is 10.7. The van der Waals surface area contributed by atoms with E-state index in [4.69, 9.17) is 4.74 Å². The SMILES string of the molecule is COc1ccc(C)cc1NC(=O)Cn1nc(C)c2ccccc2c1=O. The molecule has 0 saturated heterocycles. The molecule has 6 nitrogen and oxygen atoms in total. The number of benzene rings is 2. The third-order valence-electron chi connectivity index (χ3n) is 3.97. The predicted octanol–water partition coefficient (Wildman–Crippen LogP) is 2.66. The molecule has 0 atom stereocenters. The molecule has 1 aromatic heterocycles. The van der Waals surface area contributed by atoms with Crippen LogP contribution in [0.3, 0.4) is 0 Å². The molecule has 0 saturated carbocycles. The summed E-state index contributed by atoms with van der Waals surface area (Å²) in [4.78, 5) is 24.9. The van der Waals surface area contributed by atoms with E-state index in [9.17, 15) is 9.59 Å². The molecule has 3 rings (SSSR count). The summed E-state index contributed by atoms with van der Waals surface area (Å²) in [5.41, 5.74) is 1.98. The van der Waals surface area contributed by atoms with Crippen LogP contribution >= 0.6 is 0 Å². The van der Waals surface area contributed by atoms with E-state index in [1.165, 1.54) is 4.68 Å². The number of carbonyl (C=O) groups excluding carboxylic acids is 1. The van der Waals surface area contributed by atoms with Crippen LogP contribution in [-0.2, 0) is 11.3 Å². The number of nitrogens with zero attached hydrogens (tertiary/aromatic N) is 2. The first-order valence-electron chi connectivity index (χ1n) is 7.90. The third-order valence-corrected chi connectivity index (χ3v) is 3.97. The standard InChI is InChI=1S/C19H19N3O3/c1-12-8-9-17(25-3)16(10-12)20-18(23)11-22-19(24)15-7-5-4-6-14(15)13(2)21-22/h4-10H,11H2,1-3H3,(H,20,23). The van der Waals surface area contributed by atoms with Crippen molar-refractivity contribution in [3.05, 3.63) is 64.1 Å². The zero-order chi connectivity index (χ0) is 18.0. The van der Waals surface area contributed by atoms with Crippen molar-refractivity contribution in [3.63, 3.8) is 0 Å². The van der Waals surface area contributed by atoms with Crippen LogP contribution < -0.4 is 15.6 Å². The first kappa shape index (κ1) is 16.7. The highest BCUT2D eigenvalue weighted by Gasteiger charge is 2.12. The Hall–Kier alpha value is -3.15. The number of methoxy groups -OCH3 is 1. The van der Waals surface area contributed by atoms with E-state index in [1.54, 1.807) is 25.3 Å². The van der Waals surface area contributed by atoms with Crippen molar-refractivity contribution >= 4 is 22.4 Å². The molecule has 1 heterocycles. The van der Waals surface area contributed by atoms with Crippen molar-refractivity contribution in [1.29, 1.82) is 0 Å². The van der Waals surface area contributed by atoms with Gasteiger partial charge in [0.15, 0.2) is 0 Å². The minimum atomic E-state index is -0.340. The second-order valence-electron chi connectivity index (χ2n) is 5.85. The molecule has 6 heteroatoms. The van der Waals surface area contributed by atoms with Gasteiger partial charge < -0.3 is 10.1 Å². The van der Waals surface area contributed by atoms with E-state index < -0.39 is 0 Å². The topological polar surface area (TPSA) is 73.2 Å². The molecule has 0 unspecified atom stereocenters. The van der Waals surface area contributed by atoms with Gasteiger partial charge in [-0.15, -0.1) is 0 Å². The van der Waals surface area contributed by atoms with Gasteiger partial charge in [0.1, 0.15) is 12.3 Å². The summed E-state index contributed by atoms with van der Waals surface area (Å²) in [6.07, 6.45) is 0. The second kappa shape index (κ2) is 6.76. The minimum absolute atomic E-state index is 0.165. The number of ether oxygens (including phenoxy) is 1. The maximum absolute atomic E-state index is 12.5. The molecule has 0 aliphatic heterocycles. The molecule has 3 aromatic rings. The molecular formula is C19H19N3O3. The quantitative estimate of drug-likeness (QED) is 0.794. The van der Waals surface area contributed by atoms with Crippen molar-refractivity contribution in [3.8, 4) is 5.75 Å². The number of anilines is 1. The number of rotatable bonds is 4. The maximum Gasteiger partial charge on any atom is 0.275 e. The third kappa shape index (κ3) is 3.38. The summed E-state index contributed by atoms with van der Waals surface area (Å²) in [5.74, 6) is 0.224. The van der Waals surface area contributed by atoms with Gasteiger partial charge in [-0.1, -0.05) is 24.3 Å². The highest BCUT2D eigenvalue weighted by atomic mass is 16.5. The van der Waals surface area contributed by atoms with Gasteiger partial charge in [-0.05, 0) is 37.6 Å². The monoisotopic (exact) mass is 337 g/mol. The number of aryl methyl sites for hydroxylation is 2. The first-order valence-corrected chi connectivity index (χ1v) is 7.90. The Bertz CT molecular complexity index is 1010. The van der Waals surface area contributed by atoms with Gasteiger partial charge in [-0.2, -0.15) is 5.10 Å².